The highest BCUT2D eigenvalue weighted by Crippen LogP contribution is 2.28. The van der Waals surface area contributed by atoms with E-state index in [0.29, 0.717) is 34.8 Å². The second kappa shape index (κ2) is 8.32. The Labute approximate surface area is 193 Å². The monoisotopic (exact) mass is 450 g/mol. The number of hydrogen-bond donors (Lipinski definition) is 0. The van der Waals surface area contributed by atoms with Crippen molar-refractivity contribution in [1.82, 2.24) is 19.7 Å². The minimum Gasteiger partial charge on any atom is -0.488 e. The van der Waals surface area contributed by atoms with Gasteiger partial charge in [-0.05, 0) is 29.8 Å². The Morgan fingerprint density at radius 2 is 1.71 bits per heavy atom. The SMILES string of the molecule is O=c1c2oc3ccccc3c2ncn1Cc1nc(-c2ccccc2OCc2ccccc2)no1. The number of ether oxygens (including phenoxy) is 1. The summed E-state index contributed by atoms with van der Waals surface area (Å²) < 4.78 is 18.6. The Kier molecular flexibility index (Phi) is 4.88. The van der Waals surface area contributed by atoms with E-state index in [-0.39, 0.29) is 23.6 Å². The van der Waals surface area contributed by atoms with E-state index in [1.807, 2.05) is 78.9 Å². The van der Waals surface area contributed by atoms with Crippen LogP contribution < -0.4 is 10.3 Å². The summed E-state index contributed by atoms with van der Waals surface area (Å²) in [6.45, 7) is 0.486. The van der Waals surface area contributed by atoms with Gasteiger partial charge in [-0.2, -0.15) is 4.98 Å². The number of nitrogens with zero attached hydrogens (tertiary/aromatic N) is 4. The predicted molar refractivity (Wildman–Crippen MR) is 125 cm³/mol. The van der Waals surface area contributed by atoms with E-state index in [2.05, 4.69) is 15.1 Å². The van der Waals surface area contributed by atoms with Crippen LogP contribution in [-0.2, 0) is 13.2 Å². The summed E-state index contributed by atoms with van der Waals surface area (Å²) in [6.07, 6.45) is 1.47. The van der Waals surface area contributed by atoms with Crippen LogP contribution in [0, 0.1) is 0 Å². The molecule has 0 spiro atoms. The molecule has 0 unspecified atom stereocenters. The van der Waals surface area contributed by atoms with Gasteiger partial charge in [-0.25, -0.2) is 4.98 Å². The second-order valence-electron chi connectivity index (χ2n) is 7.74. The van der Waals surface area contributed by atoms with Crippen molar-refractivity contribution in [3.05, 3.63) is 107 Å². The molecule has 6 rings (SSSR count). The maximum atomic E-state index is 13.0. The normalized spacial score (nSPS) is 11.3. The van der Waals surface area contributed by atoms with Gasteiger partial charge in [0.25, 0.3) is 5.56 Å². The van der Waals surface area contributed by atoms with Crippen molar-refractivity contribution in [2.75, 3.05) is 0 Å². The third-order valence-corrected chi connectivity index (χ3v) is 5.49. The van der Waals surface area contributed by atoms with Crippen molar-refractivity contribution in [3.63, 3.8) is 0 Å². The number of benzene rings is 3. The topological polar surface area (TPSA) is 96.2 Å². The van der Waals surface area contributed by atoms with Crippen LogP contribution in [0.25, 0.3) is 33.5 Å². The molecule has 34 heavy (non-hydrogen) atoms. The molecule has 0 saturated heterocycles. The molecule has 166 valence electrons. The number of fused-ring (bicyclic) bond motifs is 3. The van der Waals surface area contributed by atoms with E-state index in [1.165, 1.54) is 10.9 Å². The van der Waals surface area contributed by atoms with Gasteiger partial charge >= 0.3 is 0 Å². The zero-order chi connectivity index (χ0) is 22.9. The van der Waals surface area contributed by atoms with E-state index >= 15 is 0 Å². The molecule has 0 aliphatic heterocycles. The molecule has 6 aromatic rings. The lowest BCUT2D eigenvalue weighted by molar-refractivity contribution is 0.307. The number of hydrogen-bond acceptors (Lipinski definition) is 7. The first-order valence-corrected chi connectivity index (χ1v) is 10.7. The average molecular weight is 450 g/mol. The highest BCUT2D eigenvalue weighted by molar-refractivity contribution is 6.01. The molecule has 8 heteroatoms. The van der Waals surface area contributed by atoms with Crippen LogP contribution in [0.4, 0.5) is 0 Å². The maximum absolute atomic E-state index is 13.0. The van der Waals surface area contributed by atoms with Gasteiger partial charge in [-0.3, -0.25) is 9.36 Å². The Bertz CT molecular complexity index is 1670. The first kappa shape index (κ1) is 19.9. The summed E-state index contributed by atoms with van der Waals surface area (Å²) in [5.74, 6) is 1.29. The van der Waals surface area contributed by atoms with Gasteiger partial charge in [0.1, 0.15) is 30.0 Å². The maximum Gasteiger partial charge on any atom is 0.297 e. The predicted octanol–water partition coefficient (Wildman–Crippen LogP) is 4.82. The molecule has 0 radical (unpaired) electrons. The Hall–Kier alpha value is -4.72. The largest absolute Gasteiger partial charge is 0.488 e. The van der Waals surface area contributed by atoms with E-state index in [0.717, 1.165) is 10.9 Å². The van der Waals surface area contributed by atoms with Gasteiger partial charge in [0.05, 0.1) is 11.9 Å². The molecular weight excluding hydrogens is 432 g/mol. The van der Waals surface area contributed by atoms with Crippen LogP contribution >= 0.6 is 0 Å². The summed E-state index contributed by atoms with van der Waals surface area (Å²) in [5, 5.41) is 4.90. The minimum absolute atomic E-state index is 0.0683. The molecule has 0 fully saturated rings. The zero-order valence-corrected chi connectivity index (χ0v) is 17.9. The van der Waals surface area contributed by atoms with Crippen LogP contribution in [0.5, 0.6) is 5.75 Å². The van der Waals surface area contributed by atoms with Gasteiger partial charge < -0.3 is 13.7 Å². The van der Waals surface area contributed by atoms with Crippen molar-refractivity contribution >= 4 is 22.1 Å². The molecule has 3 aromatic carbocycles. The van der Waals surface area contributed by atoms with Crippen molar-refractivity contribution in [1.29, 1.82) is 0 Å². The van der Waals surface area contributed by atoms with Crippen molar-refractivity contribution in [3.8, 4) is 17.1 Å². The lowest BCUT2D eigenvalue weighted by Crippen LogP contribution is -2.20. The number of furan rings is 1. The molecule has 8 nitrogen and oxygen atoms in total. The molecule has 0 bridgehead atoms. The fraction of sp³-hybridized carbons (Fsp3) is 0.0769. The summed E-state index contributed by atoms with van der Waals surface area (Å²) in [6, 6.07) is 24.8. The highest BCUT2D eigenvalue weighted by Gasteiger charge is 2.17. The molecule has 0 aliphatic carbocycles. The molecule has 0 aliphatic rings. The number of rotatable bonds is 6. The molecule has 0 amide bonds. The molecule has 0 atom stereocenters. The smallest absolute Gasteiger partial charge is 0.297 e. The molecular formula is C26H18N4O4. The van der Waals surface area contributed by atoms with Crippen LogP contribution in [-0.4, -0.2) is 19.7 Å². The van der Waals surface area contributed by atoms with Crippen LogP contribution in [0.1, 0.15) is 11.5 Å². The summed E-state index contributed by atoms with van der Waals surface area (Å²) >= 11 is 0. The van der Waals surface area contributed by atoms with Gasteiger partial charge in [0, 0.05) is 5.39 Å². The van der Waals surface area contributed by atoms with Gasteiger partial charge in [0.2, 0.25) is 17.3 Å². The standard InChI is InChI=1S/C26H18N4O4/c31-26-24-23(18-10-4-7-13-21(18)33-24)27-16-30(26)14-22-28-25(29-34-22)19-11-5-6-12-20(19)32-15-17-8-2-1-3-9-17/h1-13,16H,14-15H2. The van der Waals surface area contributed by atoms with Gasteiger partial charge in [-0.1, -0.05) is 59.8 Å². The van der Waals surface area contributed by atoms with Crippen molar-refractivity contribution in [2.24, 2.45) is 0 Å². The summed E-state index contributed by atoms with van der Waals surface area (Å²) in [5.41, 5.74) is 2.79. The van der Waals surface area contributed by atoms with E-state index in [1.54, 1.807) is 0 Å². The Morgan fingerprint density at radius 3 is 2.62 bits per heavy atom. The van der Waals surface area contributed by atoms with E-state index in [4.69, 9.17) is 13.7 Å². The summed E-state index contributed by atoms with van der Waals surface area (Å²) in [7, 11) is 0. The zero-order valence-electron chi connectivity index (χ0n) is 17.9. The Balaban J connectivity index is 1.27. The van der Waals surface area contributed by atoms with Crippen LogP contribution in [0.2, 0.25) is 0 Å². The lowest BCUT2D eigenvalue weighted by atomic mass is 10.2. The average Bonchev–Trinajstić information content (AvgIpc) is 3.50. The van der Waals surface area contributed by atoms with E-state index < -0.39 is 0 Å². The van der Waals surface area contributed by atoms with Gasteiger partial charge in [-0.15, -0.1) is 0 Å². The molecule has 0 N–H and O–H groups in total. The third-order valence-electron chi connectivity index (χ3n) is 5.49. The van der Waals surface area contributed by atoms with Gasteiger partial charge in [0.15, 0.2) is 0 Å². The quantitative estimate of drug-likeness (QED) is 0.359. The lowest BCUT2D eigenvalue weighted by Gasteiger charge is -2.09. The molecule has 3 aromatic heterocycles. The second-order valence-corrected chi connectivity index (χ2v) is 7.74. The summed E-state index contributed by atoms with van der Waals surface area (Å²) in [4.78, 5) is 21.9. The third kappa shape index (κ3) is 3.61. The van der Waals surface area contributed by atoms with Crippen molar-refractivity contribution in [2.45, 2.75) is 13.2 Å². The minimum atomic E-state index is -0.312. The van der Waals surface area contributed by atoms with E-state index in [9.17, 15) is 4.79 Å². The Morgan fingerprint density at radius 1 is 0.912 bits per heavy atom. The molecule has 3 heterocycles. The fourth-order valence-corrected chi connectivity index (χ4v) is 3.81. The fourth-order valence-electron chi connectivity index (χ4n) is 3.81. The first-order valence-electron chi connectivity index (χ1n) is 10.7. The first-order chi connectivity index (χ1) is 16.8. The van der Waals surface area contributed by atoms with Crippen LogP contribution in [0.3, 0.4) is 0 Å². The highest BCUT2D eigenvalue weighted by atomic mass is 16.5. The van der Waals surface area contributed by atoms with Crippen molar-refractivity contribution < 1.29 is 13.7 Å². The molecule has 0 saturated carbocycles. The van der Waals surface area contributed by atoms with Crippen LogP contribution in [0.15, 0.2) is 98.9 Å². The number of para-hydroxylation sites is 2. The number of aromatic nitrogens is 4.